The first kappa shape index (κ1) is 21.0. The monoisotopic (exact) mass is 447 g/mol. The summed E-state index contributed by atoms with van der Waals surface area (Å²) in [5.74, 6) is 1.90. The summed E-state index contributed by atoms with van der Waals surface area (Å²) in [6.07, 6.45) is 4.47. The molecule has 7 heteroatoms. The third kappa shape index (κ3) is 7.21. The van der Waals surface area contributed by atoms with E-state index in [4.69, 9.17) is 4.74 Å². The Labute approximate surface area is 162 Å². The van der Waals surface area contributed by atoms with E-state index in [1.807, 2.05) is 13.1 Å². The van der Waals surface area contributed by atoms with Crippen molar-refractivity contribution in [2.45, 2.75) is 33.2 Å². The zero-order valence-corrected chi connectivity index (χ0v) is 17.1. The van der Waals surface area contributed by atoms with E-state index < -0.39 is 0 Å². The van der Waals surface area contributed by atoms with E-state index in [1.165, 1.54) is 12.8 Å². The van der Waals surface area contributed by atoms with Gasteiger partial charge in [0.25, 0.3) is 0 Å². The van der Waals surface area contributed by atoms with Crippen molar-refractivity contribution in [1.82, 2.24) is 15.6 Å². The highest BCUT2D eigenvalue weighted by molar-refractivity contribution is 14.0. The molecule has 2 rings (SSSR count). The van der Waals surface area contributed by atoms with E-state index in [9.17, 15) is 0 Å². The second-order valence-electron chi connectivity index (χ2n) is 5.54. The number of guanidine groups is 1. The second kappa shape index (κ2) is 12.3. The summed E-state index contributed by atoms with van der Waals surface area (Å²) >= 11 is 0. The molecule has 0 atom stereocenters. The highest BCUT2D eigenvalue weighted by Crippen LogP contribution is 2.17. The molecular weight excluding hydrogens is 417 g/mol. The molecule has 24 heavy (non-hydrogen) atoms. The summed E-state index contributed by atoms with van der Waals surface area (Å²) in [4.78, 5) is 11.5. The quantitative estimate of drug-likeness (QED) is 0.278. The molecule has 0 aromatic carbocycles. The molecule has 0 unspecified atom stereocenters. The van der Waals surface area contributed by atoms with Gasteiger partial charge in [0, 0.05) is 39.0 Å². The first-order valence-electron chi connectivity index (χ1n) is 8.63. The zero-order chi connectivity index (χ0) is 16.3. The molecule has 1 aromatic rings. The third-order valence-corrected chi connectivity index (χ3v) is 3.75. The molecule has 0 radical (unpaired) electrons. The Hall–Kier alpha value is -1.09. The molecule has 136 valence electrons. The van der Waals surface area contributed by atoms with Crippen LogP contribution in [-0.2, 0) is 11.3 Å². The van der Waals surface area contributed by atoms with Crippen LogP contribution in [0.1, 0.15) is 32.3 Å². The van der Waals surface area contributed by atoms with Gasteiger partial charge in [-0.3, -0.25) is 0 Å². The fourth-order valence-corrected chi connectivity index (χ4v) is 2.54. The van der Waals surface area contributed by atoms with Crippen molar-refractivity contribution in [3.8, 4) is 0 Å². The van der Waals surface area contributed by atoms with Crippen molar-refractivity contribution in [2.24, 2.45) is 4.99 Å². The minimum atomic E-state index is 0. The topological polar surface area (TPSA) is 61.8 Å². The molecule has 0 amide bonds. The van der Waals surface area contributed by atoms with E-state index in [0.717, 1.165) is 50.1 Å². The van der Waals surface area contributed by atoms with Gasteiger partial charge in [-0.25, -0.2) is 9.98 Å². The third-order valence-electron chi connectivity index (χ3n) is 3.75. The number of nitrogens with zero attached hydrogens (tertiary/aromatic N) is 3. The van der Waals surface area contributed by atoms with E-state index in [0.29, 0.717) is 13.2 Å². The number of hydrogen-bond acceptors (Lipinski definition) is 4. The molecule has 1 fully saturated rings. The summed E-state index contributed by atoms with van der Waals surface area (Å²) in [6.45, 7) is 9.95. The standard InChI is InChI=1S/C17H29N5O.HI/c1-3-18-17(19-9-12-23-4-2)21-14-15-7-8-16(20-13-15)22-10-5-6-11-22;/h7-8,13H,3-6,9-12,14H2,1-2H3,(H2,18,19,21);1H. The molecule has 0 bridgehead atoms. The fourth-order valence-electron chi connectivity index (χ4n) is 2.54. The van der Waals surface area contributed by atoms with Crippen molar-refractivity contribution in [1.29, 1.82) is 0 Å². The molecule has 1 aliphatic heterocycles. The van der Waals surface area contributed by atoms with Gasteiger partial charge < -0.3 is 20.3 Å². The maximum atomic E-state index is 5.33. The lowest BCUT2D eigenvalue weighted by molar-refractivity contribution is 0.152. The Morgan fingerprint density at radius 1 is 1.25 bits per heavy atom. The minimum absolute atomic E-state index is 0. The van der Waals surface area contributed by atoms with Gasteiger partial charge in [-0.1, -0.05) is 6.07 Å². The number of rotatable bonds is 8. The Morgan fingerprint density at radius 3 is 2.67 bits per heavy atom. The van der Waals surface area contributed by atoms with E-state index >= 15 is 0 Å². The van der Waals surface area contributed by atoms with Gasteiger partial charge in [-0.2, -0.15) is 0 Å². The van der Waals surface area contributed by atoms with Gasteiger partial charge in [-0.05, 0) is 38.3 Å². The first-order valence-corrected chi connectivity index (χ1v) is 8.63. The fraction of sp³-hybridized carbons (Fsp3) is 0.647. The Balaban J connectivity index is 0.00000288. The number of aliphatic imine (C=N–C) groups is 1. The average molecular weight is 447 g/mol. The molecule has 2 N–H and O–H groups in total. The lowest BCUT2D eigenvalue weighted by atomic mass is 10.3. The smallest absolute Gasteiger partial charge is 0.191 e. The van der Waals surface area contributed by atoms with E-state index in [-0.39, 0.29) is 24.0 Å². The van der Waals surface area contributed by atoms with Crippen molar-refractivity contribution in [2.75, 3.05) is 44.3 Å². The van der Waals surface area contributed by atoms with E-state index in [2.05, 4.69) is 44.6 Å². The number of aromatic nitrogens is 1. The molecule has 1 aliphatic rings. The van der Waals surface area contributed by atoms with Crippen molar-refractivity contribution >= 4 is 35.8 Å². The molecule has 0 spiro atoms. The lowest BCUT2D eigenvalue weighted by Crippen LogP contribution is -2.39. The lowest BCUT2D eigenvalue weighted by Gasteiger charge is -2.16. The maximum Gasteiger partial charge on any atom is 0.191 e. The van der Waals surface area contributed by atoms with Gasteiger partial charge >= 0.3 is 0 Å². The molecule has 2 heterocycles. The average Bonchev–Trinajstić information content (AvgIpc) is 3.11. The first-order chi connectivity index (χ1) is 11.3. The molecule has 0 saturated carbocycles. The summed E-state index contributed by atoms with van der Waals surface area (Å²) in [5.41, 5.74) is 1.12. The van der Waals surface area contributed by atoms with Gasteiger partial charge in [0.2, 0.25) is 0 Å². The summed E-state index contributed by atoms with van der Waals surface area (Å²) in [6, 6.07) is 4.22. The summed E-state index contributed by atoms with van der Waals surface area (Å²) in [7, 11) is 0. The van der Waals surface area contributed by atoms with Crippen LogP contribution in [0.15, 0.2) is 23.3 Å². The number of pyridine rings is 1. The summed E-state index contributed by atoms with van der Waals surface area (Å²) < 4.78 is 5.33. The van der Waals surface area contributed by atoms with Crippen molar-refractivity contribution in [3.05, 3.63) is 23.9 Å². The molecule has 6 nitrogen and oxygen atoms in total. The normalized spacial score (nSPS) is 14.4. The Morgan fingerprint density at radius 2 is 2.04 bits per heavy atom. The predicted octanol–water partition coefficient (Wildman–Crippen LogP) is 2.39. The van der Waals surface area contributed by atoms with Gasteiger partial charge in [0.15, 0.2) is 5.96 Å². The highest BCUT2D eigenvalue weighted by atomic mass is 127. The maximum absolute atomic E-state index is 5.33. The van der Waals surface area contributed by atoms with Crippen LogP contribution in [0.2, 0.25) is 0 Å². The van der Waals surface area contributed by atoms with Gasteiger partial charge in [0.1, 0.15) is 5.82 Å². The molecule has 1 saturated heterocycles. The van der Waals surface area contributed by atoms with Gasteiger partial charge in [-0.15, -0.1) is 24.0 Å². The number of halogens is 1. The predicted molar refractivity (Wildman–Crippen MR) is 110 cm³/mol. The van der Waals surface area contributed by atoms with Crippen LogP contribution in [0.3, 0.4) is 0 Å². The number of ether oxygens (including phenoxy) is 1. The molecule has 1 aromatic heterocycles. The highest BCUT2D eigenvalue weighted by Gasteiger charge is 2.12. The van der Waals surface area contributed by atoms with Crippen molar-refractivity contribution < 1.29 is 4.74 Å². The Bertz CT molecular complexity index is 474. The van der Waals surface area contributed by atoms with Crippen molar-refractivity contribution in [3.63, 3.8) is 0 Å². The zero-order valence-electron chi connectivity index (χ0n) is 14.8. The van der Waals surface area contributed by atoms with E-state index in [1.54, 1.807) is 0 Å². The second-order valence-corrected chi connectivity index (χ2v) is 5.54. The SMILES string of the molecule is CCNC(=NCc1ccc(N2CCCC2)nc1)NCCOCC.I. The minimum Gasteiger partial charge on any atom is -0.380 e. The van der Waals surface area contributed by atoms with Crippen LogP contribution in [0, 0.1) is 0 Å². The van der Waals surface area contributed by atoms with Crippen LogP contribution >= 0.6 is 24.0 Å². The number of hydrogen-bond donors (Lipinski definition) is 2. The number of anilines is 1. The largest absolute Gasteiger partial charge is 0.380 e. The van der Waals surface area contributed by atoms with Gasteiger partial charge in [0.05, 0.1) is 13.2 Å². The van der Waals surface area contributed by atoms with Crippen LogP contribution in [0.5, 0.6) is 0 Å². The van der Waals surface area contributed by atoms with Crippen LogP contribution < -0.4 is 15.5 Å². The summed E-state index contributed by atoms with van der Waals surface area (Å²) in [5, 5.41) is 6.51. The molecular formula is C17H30IN5O. The van der Waals surface area contributed by atoms with Crippen LogP contribution in [0.4, 0.5) is 5.82 Å². The van der Waals surface area contributed by atoms with Crippen LogP contribution in [-0.4, -0.2) is 50.3 Å². The molecule has 0 aliphatic carbocycles. The number of nitrogens with one attached hydrogen (secondary N) is 2. The Kier molecular flexibility index (Phi) is 10.7. The van der Waals surface area contributed by atoms with Crippen LogP contribution in [0.25, 0.3) is 0 Å².